The molecule has 0 aliphatic heterocycles. The van der Waals surface area contributed by atoms with Crippen LogP contribution in [0.2, 0.25) is 0 Å². The van der Waals surface area contributed by atoms with Crippen LogP contribution in [0.4, 0.5) is 0 Å². The van der Waals surface area contributed by atoms with Crippen molar-refractivity contribution < 1.29 is 19.1 Å². The van der Waals surface area contributed by atoms with Gasteiger partial charge >= 0.3 is 0 Å². The first-order valence-corrected chi connectivity index (χ1v) is 4.92. The number of methoxy groups -OCH3 is 1. The third-order valence-electron chi connectivity index (χ3n) is 2.03. The number of benzene rings is 1. The summed E-state index contributed by atoms with van der Waals surface area (Å²) in [6.07, 6.45) is -0.159. The van der Waals surface area contributed by atoms with Crippen LogP contribution in [0.5, 0.6) is 5.75 Å². The first kappa shape index (κ1) is 13.1. The van der Waals surface area contributed by atoms with E-state index in [1.54, 1.807) is 18.2 Å². The van der Waals surface area contributed by atoms with E-state index in [2.05, 4.69) is 0 Å². The maximum atomic E-state index is 11.4. The van der Waals surface area contributed by atoms with Crippen molar-refractivity contribution in [2.24, 2.45) is 5.84 Å². The molecule has 3 N–H and O–H groups in total. The van der Waals surface area contributed by atoms with Crippen molar-refractivity contribution >= 4 is 12.2 Å². The lowest BCUT2D eigenvalue weighted by Gasteiger charge is -2.16. The number of hydrazine groups is 1. The van der Waals surface area contributed by atoms with Crippen molar-refractivity contribution in [2.75, 3.05) is 13.7 Å². The molecule has 92 valence electrons. The lowest BCUT2D eigenvalue weighted by molar-refractivity contribution is -0.130. The van der Waals surface area contributed by atoms with Gasteiger partial charge in [0.1, 0.15) is 12.0 Å². The third kappa shape index (κ3) is 3.86. The van der Waals surface area contributed by atoms with Gasteiger partial charge in [-0.3, -0.25) is 15.0 Å². The highest BCUT2D eigenvalue weighted by molar-refractivity contribution is 5.81. The molecule has 0 bridgehead atoms. The number of aldehydes is 1. The van der Waals surface area contributed by atoms with Gasteiger partial charge in [-0.1, -0.05) is 12.1 Å². The van der Waals surface area contributed by atoms with Crippen molar-refractivity contribution in [3.8, 4) is 5.75 Å². The number of carbonyl (C=O) groups excluding carboxylic acids is 2. The minimum atomic E-state index is -0.855. The van der Waals surface area contributed by atoms with Crippen LogP contribution >= 0.6 is 0 Å². The molecular weight excluding hydrogens is 224 g/mol. The molecule has 0 spiro atoms. The number of rotatable bonds is 6. The lowest BCUT2D eigenvalue weighted by Crippen LogP contribution is -2.44. The number of amides is 1. The van der Waals surface area contributed by atoms with E-state index < -0.39 is 12.0 Å². The maximum Gasteiger partial charge on any atom is 0.277 e. The summed E-state index contributed by atoms with van der Waals surface area (Å²) in [6.45, 7) is 0.0638. The summed E-state index contributed by atoms with van der Waals surface area (Å²) in [6, 6.07) is 6.45. The Morgan fingerprint density at radius 1 is 1.59 bits per heavy atom. The van der Waals surface area contributed by atoms with Crippen molar-refractivity contribution in [2.45, 2.75) is 6.10 Å². The first-order valence-electron chi connectivity index (χ1n) is 4.92. The normalized spacial score (nSPS) is 11.6. The van der Waals surface area contributed by atoms with Crippen LogP contribution in [0.15, 0.2) is 24.3 Å². The maximum absolute atomic E-state index is 11.4. The highest BCUT2D eigenvalue weighted by Crippen LogP contribution is 2.14. The fourth-order valence-electron chi connectivity index (χ4n) is 1.23. The second kappa shape index (κ2) is 6.62. The van der Waals surface area contributed by atoms with E-state index in [9.17, 15) is 9.59 Å². The van der Waals surface area contributed by atoms with Gasteiger partial charge in [0.2, 0.25) is 6.10 Å². The summed E-state index contributed by atoms with van der Waals surface area (Å²) in [5.41, 5.74) is 2.45. The molecule has 0 fully saturated rings. The second-order valence-electron chi connectivity index (χ2n) is 3.26. The third-order valence-corrected chi connectivity index (χ3v) is 2.03. The largest absolute Gasteiger partial charge is 0.478 e. The van der Waals surface area contributed by atoms with Crippen LogP contribution in [0, 0.1) is 0 Å². The molecule has 1 atom stereocenters. The second-order valence-corrected chi connectivity index (χ2v) is 3.26. The van der Waals surface area contributed by atoms with Crippen LogP contribution in [-0.2, 0) is 9.53 Å². The fraction of sp³-hybridized carbons (Fsp3) is 0.273. The van der Waals surface area contributed by atoms with Gasteiger partial charge in [0.25, 0.3) is 5.91 Å². The van der Waals surface area contributed by atoms with Crippen LogP contribution < -0.4 is 16.0 Å². The molecular formula is C11H14N2O4. The molecule has 0 radical (unpaired) electrons. The summed E-state index contributed by atoms with van der Waals surface area (Å²) >= 11 is 0. The minimum Gasteiger partial charge on any atom is -0.478 e. The van der Waals surface area contributed by atoms with Gasteiger partial charge in [-0.15, -0.1) is 0 Å². The van der Waals surface area contributed by atoms with Crippen LogP contribution in [-0.4, -0.2) is 32.0 Å². The Bertz CT molecular complexity index is 395. The van der Waals surface area contributed by atoms with Crippen molar-refractivity contribution in [1.29, 1.82) is 0 Å². The molecule has 1 amide bonds. The quantitative estimate of drug-likeness (QED) is 0.312. The molecule has 1 unspecified atom stereocenters. The van der Waals surface area contributed by atoms with Gasteiger partial charge in [0.05, 0.1) is 6.61 Å². The Hall–Kier alpha value is -1.92. The molecule has 0 saturated heterocycles. The number of nitrogens with two attached hydrogens (primary N) is 1. The number of ether oxygens (including phenoxy) is 2. The van der Waals surface area contributed by atoms with Gasteiger partial charge in [0, 0.05) is 12.7 Å². The molecule has 0 aromatic heterocycles. The van der Waals surface area contributed by atoms with Crippen LogP contribution in [0.3, 0.4) is 0 Å². The number of carbonyl (C=O) groups is 2. The molecule has 1 aromatic carbocycles. The molecule has 0 aliphatic carbocycles. The zero-order valence-corrected chi connectivity index (χ0v) is 9.38. The van der Waals surface area contributed by atoms with Crippen LogP contribution in [0.1, 0.15) is 10.4 Å². The molecule has 6 heteroatoms. The van der Waals surface area contributed by atoms with E-state index in [4.69, 9.17) is 15.3 Å². The number of nitrogens with one attached hydrogen (secondary N) is 1. The highest BCUT2D eigenvalue weighted by Gasteiger charge is 2.19. The fourth-order valence-corrected chi connectivity index (χ4v) is 1.23. The Balaban J connectivity index is 2.77. The van der Waals surface area contributed by atoms with E-state index in [1.165, 1.54) is 13.2 Å². The predicted octanol–water partition coefficient (Wildman–Crippen LogP) is -0.117. The summed E-state index contributed by atoms with van der Waals surface area (Å²) in [5, 5.41) is 0. The van der Waals surface area contributed by atoms with Gasteiger partial charge in [-0.2, -0.15) is 0 Å². The van der Waals surface area contributed by atoms with E-state index in [0.29, 0.717) is 17.6 Å². The zero-order chi connectivity index (χ0) is 12.7. The molecule has 0 heterocycles. The minimum absolute atomic E-state index is 0.0638. The summed E-state index contributed by atoms with van der Waals surface area (Å²) in [7, 11) is 1.45. The molecule has 1 rings (SSSR count). The summed E-state index contributed by atoms with van der Waals surface area (Å²) in [4.78, 5) is 21.9. The van der Waals surface area contributed by atoms with Gasteiger partial charge in [0.15, 0.2) is 0 Å². The summed E-state index contributed by atoms with van der Waals surface area (Å²) < 4.78 is 10.2. The van der Waals surface area contributed by atoms with E-state index >= 15 is 0 Å². The van der Waals surface area contributed by atoms with E-state index in [0.717, 1.165) is 0 Å². The van der Waals surface area contributed by atoms with E-state index in [1.807, 2.05) is 5.43 Å². The highest BCUT2D eigenvalue weighted by atomic mass is 16.5. The SMILES string of the molecule is COCC(Oc1cccc(C=O)c1)C(=O)NN. The Morgan fingerprint density at radius 2 is 2.35 bits per heavy atom. The molecule has 1 aromatic rings. The van der Waals surface area contributed by atoms with E-state index in [-0.39, 0.29) is 6.61 Å². The molecule has 0 aliphatic rings. The van der Waals surface area contributed by atoms with Gasteiger partial charge < -0.3 is 9.47 Å². The molecule has 6 nitrogen and oxygen atoms in total. The topological polar surface area (TPSA) is 90.6 Å². The van der Waals surface area contributed by atoms with Crippen molar-refractivity contribution in [1.82, 2.24) is 5.43 Å². The predicted molar refractivity (Wildman–Crippen MR) is 60.5 cm³/mol. The Morgan fingerprint density at radius 3 is 2.94 bits per heavy atom. The van der Waals surface area contributed by atoms with Gasteiger partial charge in [-0.25, -0.2) is 5.84 Å². The lowest BCUT2D eigenvalue weighted by atomic mass is 10.2. The average molecular weight is 238 g/mol. The monoisotopic (exact) mass is 238 g/mol. The number of hydrogen-bond donors (Lipinski definition) is 2. The average Bonchev–Trinajstić information content (AvgIpc) is 2.37. The first-order chi connectivity index (χ1) is 8.21. The zero-order valence-electron chi connectivity index (χ0n) is 9.38. The number of hydrogen-bond acceptors (Lipinski definition) is 5. The van der Waals surface area contributed by atoms with Crippen molar-refractivity contribution in [3.05, 3.63) is 29.8 Å². The molecule has 0 saturated carbocycles. The Kier molecular flexibility index (Phi) is 5.12. The summed E-state index contributed by atoms with van der Waals surface area (Å²) in [5.74, 6) is 4.93. The smallest absolute Gasteiger partial charge is 0.277 e. The standard InChI is InChI=1S/C11H14N2O4/c1-16-7-10(11(15)13-12)17-9-4-2-3-8(5-9)6-14/h2-6,10H,7,12H2,1H3,(H,13,15). The molecule has 17 heavy (non-hydrogen) atoms. The van der Waals surface area contributed by atoms with Crippen molar-refractivity contribution in [3.63, 3.8) is 0 Å². The van der Waals surface area contributed by atoms with Crippen LogP contribution in [0.25, 0.3) is 0 Å². The Labute approximate surface area is 98.7 Å². The van der Waals surface area contributed by atoms with Gasteiger partial charge in [-0.05, 0) is 12.1 Å².